The SMILES string of the molecule is N#CCc1cc(O)c(F)nc1C(F)F. The van der Waals surface area contributed by atoms with E-state index in [1.54, 1.807) is 6.07 Å². The van der Waals surface area contributed by atoms with Crippen molar-refractivity contribution in [3.63, 3.8) is 0 Å². The topological polar surface area (TPSA) is 56.9 Å². The molecule has 0 aliphatic rings. The number of alkyl halides is 2. The predicted molar refractivity (Wildman–Crippen MR) is 40.1 cm³/mol. The Hall–Kier alpha value is -1.77. The van der Waals surface area contributed by atoms with Crippen LogP contribution in [-0.4, -0.2) is 10.1 Å². The fourth-order valence-electron chi connectivity index (χ4n) is 0.949. The molecule has 0 radical (unpaired) electrons. The van der Waals surface area contributed by atoms with E-state index in [1.165, 1.54) is 0 Å². The normalized spacial score (nSPS) is 10.2. The second-order valence-electron chi connectivity index (χ2n) is 2.48. The van der Waals surface area contributed by atoms with Gasteiger partial charge in [-0.3, -0.25) is 0 Å². The minimum absolute atomic E-state index is 0.165. The molecule has 0 aliphatic heterocycles. The first-order chi connectivity index (χ1) is 6.56. The summed E-state index contributed by atoms with van der Waals surface area (Å²) in [5.74, 6) is -2.19. The largest absolute Gasteiger partial charge is 0.504 e. The number of hydrogen-bond donors (Lipinski definition) is 1. The summed E-state index contributed by atoms with van der Waals surface area (Å²) in [6.07, 6.45) is -3.31. The molecule has 0 fully saturated rings. The number of nitriles is 1. The molecule has 1 rings (SSSR count). The molecule has 1 N–H and O–H groups in total. The lowest BCUT2D eigenvalue weighted by Gasteiger charge is -2.05. The Labute approximate surface area is 77.4 Å². The highest BCUT2D eigenvalue weighted by Gasteiger charge is 2.18. The van der Waals surface area contributed by atoms with E-state index in [2.05, 4.69) is 4.98 Å². The van der Waals surface area contributed by atoms with Gasteiger partial charge in [-0.15, -0.1) is 0 Å². The first-order valence-electron chi connectivity index (χ1n) is 3.59. The first kappa shape index (κ1) is 10.3. The number of aromatic nitrogens is 1. The molecule has 0 amide bonds. The average molecular weight is 202 g/mol. The predicted octanol–water partition coefficient (Wildman–Crippen LogP) is 1.93. The van der Waals surface area contributed by atoms with Crippen LogP contribution in [0.1, 0.15) is 17.7 Å². The summed E-state index contributed by atoms with van der Waals surface area (Å²) in [7, 11) is 0. The van der Waals surface area contributed by atoms with Gasteiger partial charge in [0, 0.05) is 0 Å². The molecular weight excluding hydrogens is 197 g/mol. The van der Waals surface area contributed by atoms with Gasteiger partial charge in [0.1, 0.15) is 5.69 Å². The molecule has 0 unspecified atom stereocenters. The first-order valence-corrected chi connectivity index (χ1v) is 3.59. The van der Waals surface area contributed by atoms with E-state index in [4.69, 9.17) is 10.4 Å². The van der Waals surface area contributed by atoms with E-state index in [-0.39, 0.29) is 12.0 Å². The maximum Gasteiger partial charge on any atom is 0.280 e. The molecule has 0 aromatic carbocycles. The van der Waals surface area contributed by atoms with Crippen molar-refractivity contribution in [3.05, 3.63) is 23.3 Å². The molecule has 0 saturated carbocycles. The fourth-order valence-corrected chi connectivity index (χ4v) is 0.949. The van der Waals surface area contributed by atoms with Crippen molar-refractivity contribution in [1.29, 1.82) is 5.26 Å². The Bertz CT molecular complexity index is 387. The summed E-state index contributed by atoms with van der Waals surface area (Å²) in [5.41, 5.74) is -0.969. The van der Waals surface area contributed by atoms with Crippen LogP contribution in [0.3, 0.4) is 0 Å². The molecule has 0 spiro atoms. The molecule has 0 saturated heterocycles. The van der Waals surface area contributed by atoms with Crippen LogP contribution in [0.25, 0.3) is 0 Å². The standard InChI is InChI=1S/C8H5F3N2O/c9-7(10)6-4(1-2-12)3-5(14)8(11)13-6/h3,7,14H,1H2. The smallest absolute Gasteiger partial charge is 0.280 e. The summed E-state index contributed by atoms with van der Waals surface area (Å²) in [6, 6.07) is 2.40. The van der Waals surface area contributed by atoms with E-state index >= 15 is 0 Å². The number of halogens is 3. The van der Waals surface area contributed by atoms with Crippen molar-refractivity contribution in [3.8, 4) is 11.8 Å². The fraction of sp³-hybridized carbons (Fsp3) is 0.250. The maximum atomic E-state index is 12.6. The van der Waals surface area contributed by atoms with Crippen LogP contribution in [0.5, 0.6) is 5.75 Å². The molecule has 0 bridgehead atoms. The minimum Gasteiger partial charge on any atom is -0.504 e. The van der Waals surface area contributed by atoms with Gasteiger partial charge in [0.15, 0.2) is 5.75 Å². The van der Waals surface area contributed by atoms with Crippen LogP contribution in [0.4, 0.5) is 13.2 Å². The van der Waals surface area contributed by atoms with Gasteiger partial charge in [-0.25, -0.2) is 13.8 Å². The molecule has 74 valence electrons. The van der Waals surface area contributed by atoms with Gasteiger partial charge in [-0.2, -0.15) is 9.65 Å². The quantitative estimate of drug-likeness (QED) is 0.745. The molecule has 0 aliphatic carbocycles. The zero-order valence-electron chi connectivity index (χ0n) is 6.84. The van der Waals surface area contributed by atoms with Crippen molar-refractivity contribution in [2.75, 3.05) is 0 Å². The van der Waals surface area contributed by atoms with E-state index in [1.807, 2.05) is 0 Å². The van der Waals surface area contributed by atoms with Crippen molar-refractivity contribution < 1.29 is 18.3 Å². The summed E-state index contributed by atoms with van der Waals surface area (Å²) in [5, 5.41) is 17.1. The number of nitrogens with zero attached hydrogens (tertiary/aromatic N) is 2. The van der Waals surface area contributed by atoms with E-state index in [0.29, 0.717) is 0 Å². The van der Waals surface area contributed by atoms with Crippen molar-refractivity contribution in [1.82, 2.24) is 4.98 Å². The Morgan fingerprint density at radius 3 is 2.71 bits per heavy atom. The van der Waals surface area contributed by atoms with Crippen molar-refractivity contribution in [2.24, 2.45) is 0 Å². The molecule has 0 atom stereocenters. The number of hydrogen-bond acceptors (Lipinski definition) is 3. The molecule has 3 nitrogen and oxygen atoms in total. The monoisotopic (exact) mass is 202 g/mol. The summed E-state index contributed by atoms with van der Waals surface area (Å²) < 4.78 is 37.1. The maximum absolute atomic E-state index is 12.6. The van der Waals surface area contributed by atoms with Gasteiger partial charge < -0.3 is 5.11 Å². The van der Waals surface area contributed by atoms with Crippen molar-refractivity contribution >= 4 is 0 Å². The number of rotatable bonds is 2. The lowest BCUT2D eigenvalue weighted by Crippen LogP contribution is -2.00. The molecule has 1 aromatic heterocycles. The third-order valence-corrected chi connectivity index (χ3v) is 1.55. The number of aromatic hydroxyl groups is 1. The average Bonchev–Trinajstić information content (AvgIpc) is 2.11. The van der Waals surface area contributed by atoms with Gasteiger partial charge in [-0.1, -0.05) is 0 Å². The van der Waals surface area contributed by atoms with Crippen LogP contribution >= 0.6 is 0 Å². The van der Waals surface area contributed by atoms with Gasteiger partial charge in [0.25, 0.3) is 12.4 Å². The molecule has 1 aromatic rings. The summed E-state index contributed by atoms with van der Waals surface area (Å²) in [6.45, 7) is 0. The van der Waals surface area contributed by atoms with Crippen LogP contribution in [0.2, 0.25) is 0 Å². The van der Waals surface area contributed by atoms with Crippen LogP contribution < -0.4 is 0 Å². The lowest BCUT2D eigenvalue weighted by atomic mass is 10.1. The third-order valence-electron chi connectivity index (χ3n) is 1.55. The lowest BCUT2D eigenvalue weighted by molar-refractivity contribution is 0.143. The Kier molecular flexibility index (Phi) is 2.92. The van der Waals surface area contributed by atoms with Crippen molar-refractivity contribution in [2.45, 2.75) is 12.8 Å². The summed E-state index contributed by atoms with van der Waals surface area (Å²) >= 11 is 0. The Morgan fingerprint density at radius 2 is 2.21 bits per heavy atom. The molecule has 14 heavy (non-hydrogen) atoms. The summed E-state index contributed by atoms with van der Waals surface area (Å²) in [4.78, 5) is 2.87. The van der Waals surface area contributed by atoms with E-state index in [0.717, 1.165) is 6.07 Å². The second-order valence-corrected chi connectivity index (χ2v) is 2.48. The zero-order valence-corrected chi connectivity index (χ0v) is 6.84. The van der Waals surface area contributed by atoms with E-state index < -0.39 is 23.8 Å². The van der Waals surface area contributed by atoms with Gasteiger partial charge in [0.2, 0.25) is 0 Å². The van der Waals surface area contributed by atoms with Crippen LogP contribution in [-0.2, 0) is 6.42 Å². The second kappa shape index (κ2) is 3.96. The minimum atomic E-state index is -2.96. The van der Waals surface area contributed by atoms with Crippen LogP contribution in [0, 0.1) is 17.3 Å². The highest BCUT2D eigenvalue weighted by atomic mass is 19.3. The Morgan fingerprint density at radius 1 is 1.57 bits per heavy atom. The third kappa shape index (κ3) is 1.93. The molecule has 6 heteroatoms. The Balaban J connectivity index is 3.25. The highest BCUT2D eigenvalue weighted by molar-refractivity contribution is 5.32. The highest BCUT2D eigenvalue weighted by Crippen LogP contribution is 2.25. The van der Waals surface area contributed by atoms with Gasteiger partial charge >= 0.3 is 0 Å². The molecular formula is C8H5F3N2O. The van der Waals surface area contributed by atoms with E-state index in [9.17, 15) is 13.2 Å². The number of pyridine rings is 1. The van der Waals surface area contributed by atoms with Crippen LogP contribution in [0.15, 0.2) is 6.07 Å². The van der Waals surface area contributed by atoms with Gasteiger partial charge in [0.05, 0.1) is 12.5 Å². The molecule has 1 heterocycles. The van der Waals surface area contributed by atoms with Gasteiger partial charge in [-0.05, 0) is 11.6 Å². The zero-order chi connectivity index (χ0) is 10.7.